The molecule has 1 saturated heterocycles. The third kappa shape index (κ3) is 5.06. The number of aliphatic carboxylic acids is 1. The van der Waals surface area contributed by atoms with Crippen molar-refractivity contribution in [1.29, 1.82) is 0 Å². The highest BCUT2D eigenvalue weighted by Gasteiger charge is 2.24. The maximum atomic E-state index is 12.3. The van der Waals surface area contributed by atoms with E-state index in [0.29, 0.717) is 26.5 Å². The molecule has 6 nitrogen and oxygen atoms in total. The average molecular weight is 529 g/mol. The minimum Gasteiger partial charge on any atom is -0.481 e. The summed E-state index contributed by atoms with van der Waals surface area (Å²) in [6.45, 7) is 1.47. The molecule has 3 rings (SSSR count). The normalized spacial score (nSPS) is 16.5. The molecule has 0 unspecified atom stereocenters. The SMILES string of the molecule is Cc1c(Cl)cccc1N=C1NC(=O)/C(=C\c2ccc(OCC(=O)O)c(I)c2)S1. The number of hydrogen-bond acceptors (Lipinski definition) is 5. The summed E-state index contributed by atoms with van der Waals surface area (Å²) in [5.74, 6) is -0.792. The van der Waals surface area contributed by atoms with Crippen LogP contribution in [0.1, 0.15) is 11.1 Å². The fourth-order valence-electron chi connectivity index (χ4n) is 2.32. The number of amidine groups is 1. The number of rotatable bonds is 5. The molecule has 2 aromatic carbocycles. The predicted molar refractivity (Wildman–Crippen MR) is 119 cm³/mol. The zero-order valence-corrected chi connectivity index (χ0v) is 18.3. The Labute approximate surface area is 184 Å². The fourth-order valence-corrected chi connectivity index (χ4v) is 4.02. The van der Waals surface area contributed by atoms with Gasteiger partial charge in [-0.05, 0) is 82.7 Å². The van der Waals surface area contributed by atoms with Gasteiger partial charge in [-0.25, -0.2) is 9.79 Å². The van der Waals surface area contributed by atoms with Gasteiger partial charge in [0.05, 0.1) is 14.2 Å². The summed E-state index contributed by atoms with van der Waals surface area (Å²) >= 11 is 9.42. The summed E-state index contributed by atoms with van der Waals surface area (Å²) in [7, 11) is 0. The van der Waals surface area contributed by atoms with Gasteiger partial charge in [-0.1, -0.05) is 23.7 Å². The van der Waals surface area contributed by atoms with E-state index in [1.54, 1.807) is 24.3 Å². The number of nitrogens with one attached hydrogen (secondary N) is 1. The summed E-state index contributed by atoms with van der Waals surface area (Å²) < 4.78 is 5.96. The molecule has 28 heavy (non-hydrogen) atoms. The highest BCUT2D eigenvalue weighted by atomic mass is 127. The molecule has 0 radical (unpaired) electrons. The summed E-state index contributed by atoms with van der Waals surface area (Å²) in [5, 5.41) is 12.5. The number of carbonyl (C=O) groups is 2. The second-order valence-corrected chi connectivity index (χ2v) is 8.34. The van der Waals surface area contributed by atoms with Crippen LogP contribution in [0.5, 0.6) is 5.75 Å². The standard InChI is InChI=1S/C19H14ClIN2O4S/c1-10-12(20)3-2-4-14(10)22-19-23-18(26)16(28-19)8-11-5-6-15(13(21)7-11)27-9-17(24)25/h2-8H,9H2,1H3,(H,24,25)(H,22,23,26)/b16-8+. The Kier molecular flexibility index (Phi) is 6.63. The predicted octanol–water partition coefficient (Wildman–Crippen LogP) is 4.61. The molecule has 0 atom stereocenters. The summed E-state index contributed by atoms with van der Waals surface area (Å²) in [5.41, 5.74) is 2.34. The first-order chi connectivity index (χ1) is 13.3. The van der Waals surface area contributed by atoms with Crippen LogP contribution < -0.4 is 10.1 Å². The number of thioether (sulfide) groups is 1. The lowest BCUT2D eigenvalue weighted by Gasteiger charge is -2.06. The van der Waals surface area contributed by atoms with E-state index in [9.17, 15) is 9.59 Å². The number of halogens is 2. The molecule has 1 amide bonds. The lowest BCUT2D eigenvalue weighted by atomic mass is 10.2. The Balaban J connectivity index is 1.79. The van der Waals surface area contributed by atoms with Crippen molar-refractivity contribution in [2.24, 2.45) is 4.99 Å². The molecule has 0 aliphatic carbocycles. The van der Waals surface area contributed by atoms with Crippen molar-refractivity contribution >= 4 is 74.8 Å². The van der Waals surface area contributed by atoms with Gasteiger partial charge in [-0.15, -0.1) is 0 Å². The highest BCUT2D eigenvalue weighted by molar-refractivity contribution is 14.1. The van der Waals surface area contributed by atoms with E-state index in [-0.39, 0.29) is 5.91 Å². The van der Waals surface area contributed by atoms with Crippen molar-refractivity contribution in [1.82, 2.24) is 5.32 Å². The van der Waals surface area contributed by atoms with Crippen LogP contribution in [-0.4, -0.2) is 28.8 Å². The molecule has 2 aromatic rings. The number of ether oxygens (including phenoxy) is 1. The van der Waals surface area contributed by atoms with Gasteiger partial charge in [0.1, 0.15) is 5.75 Å². The van der Waals surface area contributed by atoms with Crippen LogP contribution in [0.4, 0.5) is 5.69 Å². The van der Waals surface area contributed by atoms with Gasteiger partial charge in [-0.3, -0.25) is 4.79 Å². The van der Waals surface area contributed by atoms with Gasteiger partial charge in [-0.2, -0.15) is 0 Å². The first-order valence-corrected chi connectivity index (χ1v) is 10.3. The molecule has 144 valence electrons. The Morgan fingerprint density at radius 2 is 2.18 bits per heavy atom. The van der Waals surface area contributed by atoms with Crippen LogP contribution in [-0.2, 0) is 9.59 Å². The number of carboxylic acids is 1. The molecule has 1 aliphatic heterocycles. The van der Waals surface area contributed by atoms with E-state index in [0.717, 1.165) is 14.7 Å². The number of carbonyl (C=O) groups excluding carboxylic acids is 1. The van der Waals surface area contributed by atoms with Crippen molar-refractivity contribution in [3.8, 4) is 5.75 Å². The van der Waals surface area contributed by atoms with Crippen LogP contribution in [0.15, 0.2) is 46.3 Å². The van der Waals surface area contributed by atoms with Crippen LogP contribution in [0, 0.1) is 10.5 Å². The molecule has 0 bridgehead atoms. The Hall–Kier alpha value is -2.04. The van der Waals surface area contributed by atoms with Crippen molar-refractivity contribution in [2.75, 3.05) is 6.61 Å². The monoisotopic (exact) mass is 528 g/mol. The number of benzene rings is 2. The highest BCUT2D eigenvalue weighted by Crippen LogP contribution is 2.32. The fraction of sp³-hybridized carbons (Fsp3) is 0.105. The Morgan fingerprint density at radius 1 is 1.39 bits per heavy atom. The first-order valence-electron chi connectivity index (χ1n) is 8.02. The van der Waals surface area contributed by atoms with Crippen molar-refractivity contribution < 1.29 is 19.4 Å². The zero-order valence-electron chi connectivity index (χ0n) is 14.5. The smallest absolute Gasteiger partial charge is 0.341 e. The van der Waals surface area contributed by atoms with Crippen LogP contribution in [0.25, 0.3) is 6.08 Å². The molecule has 2 N–H and O–H groups in total. The van der Waals surface area contributed by atoms with Gasteiger partial charge < -0.3 is 15.2 Å². The van der Waals surface area contributed by atoms with Gasteiger partial charge in [0.2, 0.25) is 0 Å². The quantitative estimate of drug-likeness (QED) is 0.437. The number of amides is 1. The minimum absolute atomic E-state index is 0.232. The van der Waals surface area contributed by atoms with Gasteiger partial charge >= 0.3 is 5.97 Å². The second-order valence-electron chi connectivity index (χ2n) is 5.74. The molecule has 1 aliphatic rings. The number of nitrogens with zero attached hydrogens (tertiary/aromatic N) is 1. The molecule has 1 fully saturated rings. The van der Waals surface area contributed by atoms with E-state index in [1.165, 1.54) is 11.8 Å². The number of aliphatic imine (C=N–C) groups is 1. The van der Waals surface area contributed by atoms with E-state index < -0.39 is 12.6 Å². The molecule has 1 heterocycles. The molecule has 0 spiro atoms. The Bertz CT molecular complexity index is 1020. The number of hydrogen-bond donors (Lipinski definition) is 2. The van der Waals surface area contributed by atoms with Crippen molar-refractivity contribution in [3.63, 3.8) is 0 Å². The van der Waals surface area contributed by atoms with Crippen LogP contribution >= 0.6 is 46.0 Å². The average Bonchev–Trinajstić information content (AvgIpc) is 2.97. The zero-order chi connectivity index (χ0) is 20.3. The summed E-state index contributed by atoms with van der Waals surface area (Å²) in [4.78, 5) is 27.9. The molecule has 0 aromatic heterocycles. The van der Waals surface area contributed by atoms with Crippen molar-refractivity contribution in [2.45, 2.75) is 6.92 Å². The maximum Gasteiger partial charge on any atom is 0.341 e. The second kappa shape index (κ2) is 8.97. The third-order valence-electron chi connectivity index (χ3n) is 3.72. The Morgan fingerprint density at radius 3 is 2.89 bits per heavy atom. The van der Waals surface area contributed by atoms with E-state index in [1.807, 2.05) is 25.1 Å². The van der Waals surface area contributed by atoms with Crippen LogP contribution in [0.2, 0.25) is 5.02 Å². The lowest BCUT2D eigenvalue weighted by molar-refractivity contribution is -0.139. The van der Waals surface area contributed by atoms with Crippen molar-refractivity contribution in [3.05, 3.63) is 61.0 Å². The minimum atomic E-state index is -1.04. The first kappa shape index (κ1) is 20.7. The number of carboxylic acid groups (broad SMARTS) is 1. The third-order valence-corrected chi connectivity index (χ3v) is 5.88. The van der Waals surface area contributed by atoms with Gasteiger partial charge in [0.15, 0.2) is 11.8 Å². The topological polar surface area (TPSA) is 88.0 Å². The van der Waals surface area contributed by atoms with Gasteiger partial charge in [0.25, 0.3) is 5.91 Å². The van der Waals surface area contributed by atoms with E-state index in [2.05, 4.69) is 32.9 Å². The summed E-state index contributed by atoms with van der Waals surface area (Å²) in [6.07, 6.45) is 1.75. The largest absolute Gasteiger partial charge is 0.481 e. The molecular formula is C19H14ClIN2O4S. The lowest BCUT2D eigenvalue weighted by Crippen LogP contribution is -2.19. The van der Waals surface area contributed by atoms with Crippen LogP contribution in [0.3, 0.4) is 0 Å². The molecule has 9 heteroatoms. The summed E-state index contributed by atoms with van der Waals surface area (Å²) in [6, 6.07) is 10.7. The molecular weight excluding hydrogens is 515 g/mol. The maximum absolute atomic E-state index is 12.3. The van der Waals surface area contributed by atoms with E-state index in [4.69, 9.17) is 21.4 Å². The van der Waals surface area contributed by atoms with Gasteiger partial charge in [0, 0.05) is 5.02 Å². The molecule has 0 saturated carbocycles. The van der Waals surface area contributed by atoms with E-state index >= 15 is 0 Å².